The summed E-state index contributed by atoms with van der Waals surface area (Å²) in [5, 5.41) is 6.16. The van der Waals surface area contributed by atoms with E-state index in [1.807, 2.05) is 0 Å². The van der Waals surface area contributed by atoms with Gasteiger partial charge in [0.15, 0.2) is 0 Å². The van der Waals surface area contributed by atoms with Crippen molar-refractivity contribution >= 4 is 64.1 Å². The maximum absolute atomic E-state index is 12.4. The Hall–Kier alpha value is -3.00. The van der Waals surface area contributed by atoms with Gasteiger partial charge in [0.2, 0.25) is 5.91 Å². The van der Waals surface area contributed by atoms with Gasteiger partial charge in [-0.1, -0.05) is 35.3 Å². The van der Waals surface area contributed by atoms with Crippen LogP contribution >= 0.6 is 35.0 Å². The van der Waals surface area contributed by atoms with Gasteiger partial charge in [0.1, 0.15) is 0 Å². The number of rotatable bonds is 7. The number of hydrogen-bond donors (Lipinski definition) is 3. The second-order valence-electron chi connectivity index (χ2n) is 6.35. The number of carbonyl (C=O) groups excluding carboxylic acids is 3. The first-order valence-corrected chi connectivity index (χ1v) is 10.8. The fourth-order valence-electron chi connectivity index (χ4n) is 2.65. The zero-order chi connectivity index (χ0) is 22.4. The molecule has 0 aliphatic rings. The number of amides is 3. The Balaban J connectivity index is 1.55. The van der Waals surface area contributed by atoms with E-state index in [1.165, 1.54) is 17.8 Å². The Bertz CT molecular complexity index is 1140. The summed E-state index contributed by atoms with van der Waals surface area (Å²) in [5.41, 5.74) is 6.84. The minimum Gasteiger partial charge on any atom is -0.366 e. The number of benzene rings is 3. The van der Waals surface area contributed by atoms with E-state index in [2.05, 4.69) is 10.6 Å². The average molecular weight is 474 g/mol. The Labute approximate surface area is 193 Å². The van der Waals surface area contributed by atoms with Crippen molar-refractivity contribution in [2.24, 2.45) is 5.73 Å². The van der Waals surface area contributed by atoms with E-state index in [9.17, 15) is 14.4 Å². The van der Waals surface area contributed by atoms with E-state index in [0.717, 1.165) is 4.90 Å². The monoisotopic (exact) mass is 473 g/mol. The van der Waals surface area contributed by atoms with Gasteiger partial charge in [-0.15, -0.1) is 11.8 Å². The molecule has 3 aromatic rings. The van der Waals surface area contributed by atoms with Gasteiger partial charge in [-0.05, 0) is 54.6 Å². The minimum atomic E-state index is -0.610. The van der Waals surface area contributed by atoms with Crippen LogP contribution in [0.4, 0.5) is 11.4 Å². The van der Waals surface area contributed by atoms with E-state index in [1.54, 1.807) is 60.7 Å². The third kappa shape index (κ3) is 6.24. The molecule has 0 saturated heterocycles. The van der Waals surface area contributed by atoms with Gasteiger partial charge in [-0.25, -0.2) is 0 Å². The van der Waals surface area contributed by atoms with Gasteiger partial charge in [0, 0.05) is 15.6 Å². The van der Waals surface area contributed by atoms with Crippen LogP contribution in [0.1, 0.15) is 20.7 Å². The van der Waals surface area contributed by atoms with Crippen LogP contribution in [0.5, 0.6) is 0 Å². The Morgan fingerprint density at radius 1 is 0.871 bits per heavy atom. The average Bonchev–Trinajstić information content (AvgIpc) is 2.73. The van der Waals surface area contributed by atoms with Crippen molar-refractivity contribution < 1.29 is 14.4 Å². The molecule has 9 heteroatoms. The predicted molar refractivity (Wildman–Crippen MR) is 125 cm³/mol. The third-order valence-corrected chi connectivity index (χ3v) is 5.68. The summed E-state index contributed by atoms with van der Waals surface area (Å²) in [6.07, 6.45) is 0. The number of nitrogens with one attached hydrogen (secondary N) is 2. The predicted octanol–water partition coefficient (Wildman–Crippen LogP) is 5.08. The van der Waals surface area contributed by atoms with Gasteiger partial charge < -0.3 is 16.4 Å². The first-order chi connectivity index (χ1) is 14.8. The fraction of sp³-hybridized carbons (Fsp3) is 0.0455. The first kappa shape index (κ1) is 22.7. The van der Waals surface area contributed by atoms with Crippen molar-refractivity contribution in [3.05, 3.63) is 87.9 Å². The molecule has 0 atom stereocenters. The van der Waals surface area contributed by atoms with Crippen LogP contribution in [0.15, 0.2) is 71.6 Å². The summed E-state index contributed by atoms with van der Waals surface area (Å²) >= 11 is 13.2. The fourth-order valence-corrected chi connectivity index (χ4v) is 3.84. The first-order valence-electron chi connectivity index (χ1n) is 9.01. The van der Waals surface area contributed by atoms with Crippen LogP contribution in [0.25, 0.3) is 0 Å². The number of primary amides is 1. The summed E-state index contributed by atoms with van der Waals surface area (Å²) in [7, 11) is 0. The summed E-state index contributed by atoms with van der Waals surface area (Å²) in [6, 6.07) is 18.2. The van der Waals surface area contributed by atoms with Crippen molar-refractivity contribution in [3.63, 3.8) is 0 Å². The van der Waals surface area contributed by atoms with Crippen molar-refractivity contribution in [1.82, 2.24) is 0 Å². The lowest BCUT2D eigenvalue weighted by Gasteiger charge is -2.09. The zero-order valence-corrected chi connectivity index (χ0v) is 18.4. The molecule has 0 radical (unpaired) electrons. The molecule has 0 saturated carbocycles. The maximum atomic E-state index is 12.4. The van der Waals surface area contributed by atoms with Crippen LogP contribution in [0.2, 0.25) is 10.0 Å². The molecule has 0 aliphatic heterocycles. The molecular weight excluding hydrogens is 457 g/mol. The highest BCUT2D eigenvalue weighted by Gasteiger charge is 2.12. The normalized spacial score (nSPS) is 10.4. The smallest absolute Gasteiger partial charge is 0.257 e. The minimum absolute atomic E-state index is 0.138. The van der Waals surface area contributed by atoms with Crippen LogP contribution in [-0.2, 0) is 4.79 Å². The molecular formula is C22H17Cl2N3O3S. The molecule has 31 heavy (non-hydrogen) atoms. The highest BCUT2D eigenvalue weighted by Crippen LogP contribution is 2.24. The molecule has 3 aromatic carbocycles. The van der Waals surface area contributed by atoms with Gasteiger partial charge in [-0.2, -0.15) is 0 Å². The second kappa shape index (κ2) is 10.3. The number of anilines is 2. The number of hydrogen-bond acceptors (Lipinski definition) is 4. The van der Waals surface area contributed by atoms with Crippen LogP contribution in [0.3, 0.4) is 0 Å². The summed E-state index contributed by atoms with van der Waals surface area (Å²) < 4.78 is 0. The lowest BCUT2D eigenvalue weighted by atomic mass is 10.1. The Morgan fingerprint density at radius 3 is 2.26 bits per heavy atom. The van der Waals surface area contributed by atoms with Crippen LogP contribution in [0, 0.1) is 0 Å². The molecule has 0 heterocycles. The lowest BCUT2D eigenvalue weighted by molar-refractivity contribution is -0.113. The summed E-state index contributed by atoms with van der Waals surface area (Å²) in [5.74, 6) is -1.09. The van der Waals surface area contributed by atoms with Crippen molar-refractivity contribution in [2.75, 3.05) is 16.4 Å². The van der Waals surface area contributed by atoms with Gasteiger partial charge in [0.25, 0.3) is 11.8 Å². The summed E-state index contributed by atoms with van der Waals surface area (Å²) in [4.78, 5) is 36.9. The van der Waals surface area contributed by atoms with Crippen molar-refractivity contribution in [3.8, 4) is 0 Å². The molecule has 0 spiro atoms. The van der Waals surface area contributed by atoms with Crippen molar-refractivity contribution in [2.45, 2.75) is 4.90 Å². The van der Waals surface area contributed by atoms with Crippen LogP contribution < -0.4 is 16.4 Å². The SMILES string of the molecule is NC(=O)c1ccccc1NC(=O)CSc1ccc(NC(=O)c2ccc(Cl)cc2Cl)cc1. The molecule has 0 aliphatic carbocycles. The highest BCUT2D eigenvalue weighted by atomic mass is 35.5. The highest BCUT2D eigenvalue weighted by molar-refractivity contribution is 8.00. The standard InChI is InChI=1S/C22H17Cl2N3O3S/c23-13-5-10-16(18(24)11-13)22(30)26-14-6-8-15(9-7-14)31-12-20(28)27-19-4-2-1-3-17(19)21(25)29/h1-11H,12H2,(H2,25,29)(H,26,30)(H,27,28). The topological polar surface area (TPSA) is 101 Å². The molecule has 0 aromatic heterocycles. The zero-order valence-electron chi connectivity index (χ0n) is 16.0. The molecule has 6 nitrogen and oxygen atoms in total. The summed E-state index contributed by atoms with van der Waals surface area (Å²) in [6.45, 7) is 0. The number of carbonyl (C=O) groups is 3. The quantitative estimate of drug-likeness (QED) is 0.416. The van der Waals surface area contributed by atoms with Crippen LogP contribution in [-0.4, -0.2) is 23.5 Å². The Morgan fingerprint density at radius 2 is 1.58 bits per heavy atom. The molecule has 3 amide bonds. The molecule has 3 rings (SSSR count). The van der Waals surface area contributed by atoms with Crippen molar-refractivity contribution in [1.29, 1.82) is 0 Å². The van der Waals surface area contributed by atoms with Gasteiger partial charge >= 0.3 is 0 Å². The number of nitrogens with two attached hydrogens (primary N) is 1. The number of para-hydroxylation sites is 1. The third-order valence-electron chi connectivity index (χ3n) is 4.12. The van der Waals surface area contributed by atoms with E-state index in [-0.39, 0.29) is 28.2 Å². The Kier molecular flexibility index (Phi) is 7.57. The second-order valence-corrected chi connectivity index (χ2v) is 8.24. The van der Waals surface area contributed by atoms with E-state index in [0.29, 0.717) is 22.0 Å². The van der Waals surface area contributed by atoms with Gasteiger partial charge in [0.05, 0.1) is 27.6 Å². The number of halogens is 2. The van der Waals surface area contributed by atoms with Gasteiger partial charge in [-0.3, -0.25) is 14.4 Å². The van der Waals surface area contributed by atoms with E-state index in [4.69, 9.17) is 28.9 Å². The number of thioether (sulfide) groups is 1. The molecule has 0 fully saturated rings. The maximum Gasteiger partial charge on any atom is 0.257 e. The molecule has 0 unspecified atom stereocenters. The van der Waals surface area contributed by atoms with E-state index < -0.39 is 5.91 Å². The molecule has 4 N–H and O–H groups in total. The molecule has 158 valence electrons. The lowest BCUT2D eigenvalue weighted by Crippen LogP contribution is -2.19. The largest absolute Gasteiger partial charge is 0.366 e. The molecule has 0 bridgehead atoms. The van der Waals surface area contributed by atoms with E-state index >= 15 is 0 Å².